The first kappa shape index (κ1) is 33.5. The molecule has 0 aliphatic heterocycles. The molecule has 0 unspecified atom stereocenters. The number of rotatable bonds is 6. The lowest BCUT2D eigenvalue weighted by molar-refractivity contribution is 0.920. The summed E-state index contributed by atoms with van der Waals surface area (Å²) in [6.45, 7) is 32.0. The van der Waals surface area contributed by atoms with Gasteiger partial charge in [0, 0.05) is 11.1 Å². The molecule has 0 bridgehead atoms. The lowest BCUT2D eigenvalue weighted by Gasteiger charge is -2.34. The molecule has 0 aliphatic rings. The molecule has 2 heteroatoms. The van der Waals surface area contributed by atoms with Crippen molar-refractivity contribution >= 4 is 59.2 Å². The number of allylic oxidation sites excluding steroid dienone is 2. The zero-order valence-electron chi connectivity index (χ0n) is 29.7. The first-order valence-electron chi connectivity index (χ1n) is 16.9. The highest BCUT2D eigenvalue weighted by Gasteiger charge is 2.40. The van der Waals surface area contributed by atoms with Crippen LogP contribution in [0.5, 0.6) is 0 Å². The van der Waals surface area contributed by atoms with Crippen molar-refractivity contribution in [1.82, 2.24) is 0 Å². The van der Waals surface area contributed by atoms with Crippen LogP contribution in [-0.2, 0) is 0 Å². The van der Waals surface area contributed by atoms with Crippen LogP contribution in [0.2, 0.25) is 22.2 Å². The Morgan fingerprint density at radius 3 is 1.33 bits per heavy atom. The van der Waals surface area contributed by atoms with Crippen molar-refractivity contribution in [3.05, 3.63) is 107 Å². The monoisotopic (exact) mass is 634 g/mol. The predicted octanol–water partition coefficient (Wildman–Crippen LogP) is 12.8. The zero-order chi connectivity index (χ0) is 33.6. The van der Waals surface area contributed by atoms with E-state index in [1.165, 1.54) is 53.5 Å². The molecule has 0 spiro atoms. The van der Waals surface area contributed by atoms with Gasteiger partial charge in [-0.3, -0.25) is 0 Å². The van der Waals surface area contributed by atoms with Gasteiger partial charge in [-0.1, -0.05) is 102 Å². The normalized spacial score (nSPS) is 12.3. The number of fused-ring (bicyclic) bond motifs is 4. The highest BCUT2D eigenvalue weighted by Crippen LogP contribution is 2.39. The van der Waals surface area contributed by atoms with E-state index in [-0.39, 0.29) is 0 Å². The third-order valence-corrected chi connectivity index (χ3v) is 21.8. The van der Waals surface area contributed by atoms with Crippen molar-refractivity contribution in [1.29, 1.82) is 0 Å². The topological polar surface area (TPSA) is 0 Å². The van der Waals surface area contributed by atoms with E-state index in [1.54, 1.807) is 0 Å². The molecule has 5 aromatic carbocycles. The van der Waals surface area contributed by atoms with Crippen molar-refractivity contribution in [3.8, 4) is 22.9 Å². The minimum absolute atomic E-state index is 0.480. The summed E-state index contributed by atoms with van der Waals surface area (Å²) in [5, 5.41) is 12.5. The van der Waals surface area contributed by atoms with Crippen molar-refractivity contribution < 1.29 is 0 Å². The van der Waals surface area contributed by atoms with E-state index in [4.69, 9.17) is 0 Å². The highest BCUT2D eigenvalue weighted by molar-refractivity contribution is 6.95. The number of hydrogen-bond acceptors (Lipinski definition) is 0. The Morgan fingerprint density at radius 2 is 0.891 bits per heavy atom. The van der Waals surface area contributed by atoms with Gasteiger partial charge in [-0.2, -0.15) is 0 Å². The lowest BCUT2D eigenvalue weighted by atomic mass is 9.95. The largest absolute Gasteiger partial charge is 0.169 e. The number of benzene rings is 5. The van der Waals surface area contributed by atoms with E-state index >= 15 is 0 Å². The summed E-state index contributed by atoms with van der Waals surface area (Å²) in [5.41, 5.74) is 11.9. The van der Waals surface area contributed by atoms with E-state index in [1.807, 2.05) is 0 Å². The lowest BCUT2D eigenvalue weighted by Crippen LogP contribution is -2.41. The maximum Gasteiger partial charge on any atom is 0.169 e. The van der Waals surface area contributed by atoms with Crippen LogP contribution < -0.4 is 0 Å². The van der Waals surface area contributed by atoms with Gasteiger partial charge in [0.2, 0.25) is 0 Å². The summed E-state index contributed by atoms with van der Waals surface area (Å²) in [6.07, 6.45) is 0. The third kappa shape index (κ3) is 5.79. The molecule has 0 saturated heterocycles. The predicted molar refractivity (Wildman–Crippen MR) is 212 cm³/mol. The van der Waals surface area contributed by atoms with Gasteiger partial charge < -0.3 is 0 Å². The standard InChI is InChI=1S/C44H50Si2/c1-29(2)45(30(3)4,31(5)6)19-17-35-21-38(18-20-46(32(7)8,33(9)10)34(11)12)44-28-42-26-40-24-37-16-14-13-15-36(37)23-39(40)25-41(42)27-43(44)22-35/h13-16,21-28,30-31,33-34H,1,7H2,2-6,8-12H3. The maximum absolute atomic E-state index is 4.49. The Labute approximate surface area is 280 Å². The van der Waals surface area contributed by atoms with Crippen molar-refractivity contribution in [3.63, 3.8) is 0 Å². The van der Waals surface area contributed by atoms with E-state index < -0.39 is 16.1 Å². The molecule has 0 fully saturated rings. The van der Waals surface area contributed by atoms with Gasteiger partial charge in [-0.05, 0) is 128 Å². The van der Waals surface area contributed by atoms with Crippen LogP contribution in [0.1, 0.15) is 80.4 Å². The molecule has 0 atom stereocenters. The minimum atomic E-state index is -2.12. The summed E-state index contributed by atoms with van der Waals surface area (Å²) >= 11 is 0. The zero-order valence-corrected chi connectivity index (χ0v) is 31.7. The smallest absolute Gasteiger partial charge is 0.120 e. The SMILES string of the molecule is C=C(C)[Si](C#Cc1cc(C#C[Si](C(=C)C)(C(C)C)C(C)C)c2cc3cc4cc5ccccc5cc4cc3cc2c1)(C(C)C)C(C)C. The van der Waals surface area contributed by atoms with Gasteiger partial charge in [0.25, 0.3) is 0 Å². The molecule has 0 N–H and O–H groups in total. The van der Waals surface area contributed by atoms with Gasteiger partial charge >= 0.3 is 0 Å². The van der Waals surface area contributed by atoms with Crippen LogP contribution in [0.25, 0.3) is 43.1 Å². The molecule has 234 valence electrons. The van der Waals surface area contributed by atoms with Gasteiger partial charge in [-0.25, -0.2) is 0 Å². The van der Waals surface area contributed by atoms with Crippen LogP contribution in [0.4, 0.5) is 0 Å². The Hall–Kier alpha value is -3.83. The van der Waals surface area contributed by atoms with Gasteiger partial charge in [0.1, 0.15) is 0 Å². The highest BCUT2D eigenvalue weighted by atomic mass is 28.3. The van der Waals surface area contributed by atoms with Crippen molar-refractivity contribution in [2.24, 2.45) is 0 Å². The van der Waals surface area contributed by atoms with E-state index in [0.29, 0.717) is 22.2 Å². The van der Waals surface area contributed by atoms with Crippen LogP contribution in [0, 0.1) is 22.9 Å². The van der Waals surface area contributed by atoms with Gasteiger partial charge in [0.05, 0.1) is 0 Å². The molecule has 0 radical (unpaired) electrons. The number of hydrogen-bond donors (Lipinski definition) is 0. The quantitative estimate of drug-likeness (QED) is 0.0990. The summed E-state index contributed by atoms with van der Waals surface area (Å²) in [5.74, 6) is 7.48. The molecule has 0 saturated carbocycles. The van der Waals surface area contributed by atoms with Gasteiger partial charge in [0.15, 0.2) is 16.1 Å². The third-order valence-electron chi connectivity index (χ3n) is 10.6. The van der Waals surface area contributed by atoms with E-state index in [9.17, 15) is 0 Å². The van der Waals surface area contributed by atoms with Crippen molar-refractivity contribution in [2.75, 3.05) is 0 Å². The molecule has 0 heterocycles. The molecule has 5 aromatic rings. The molecule has 0 aliphatic carbocycles. The van der Waals surface area contributed by atoms with E-state index in [0.717, 1.165) is 11.1 Å². The molecule has 0 amide bonds. The first-order valence-corrected chi connectivity index (χ1v) is 21.2. The van der Waals surface area contributed by atoms with Crippen LogP contribution in [-0.4, -0.2) is 16.1 Å². The Balaban J connectivity index is 1.82. The summed E-state index contributed by atoms with van der Waals surface area (Å²) in [6, 6.07) is 27.2. The fourth-order valence-corrected chi connectivity index (χ4v) is 17.1. The Morgan fingerprint density at radius 1 is 0.500 bits per heavy atom. The van der Waals surface area contributed by atoms with Crippen LogP contribution in [0.15, 0.2) is 96.3 Å². The van der Waals surface area contributed by atoms with Crippen LogP contribution >= 0.6 is 0 Å². The average molecular weight is 635 g/mol. The Bertz CT molecular complexity index is 2120. The van der Waals surface area contributed by atoms with Crippen LogP contribution in [0.3, 0.4) is 0 Å². The van der Waals surface area contributed by atoms with Gasteiger partial charge in [-0.15, -0.1) is 24.2 Å². The second kappa shape index (κ2) is 12.8. The maximum atomic E-state index is 4.49. The second-order valence-corrected chi connectivity index (χ2v) is 25.1. The fraction of sp³-hybridized carbons (Fsp3) is 0.318. The second-order valence-electron chi connectivity index (χ2n) is 14.8. The average Bonchev–Trinajstić information content (AvgIpc) is 2.97. The molecule has 46 heavy (non-hydrogen) atoms. The minimum Gasteiger partial charge on any atom is -0.120 e. The summed E-state index contributed by atoms with van der Waals surface area (Å²) in [7, 11) is -4.20. The Kier molecular flexibility index (Phi) is 9.30. The molecule has 0 nitrogen and oxygen atoms in total. The molecule has 5 rings (SSSR count). The van der Waals surface area contributed by atoms with Crippen molar-refractivity contribution in [2.45, 2.75) is 91.4 Å². The first-order chi connectivity index (χ1) is 21.7. The molecular weight excluding hydrogens is 585 g/mol. The molecule has 0 aromatic heterocycles. The summed E-state index contributed by atoms with van der Waals surface area (Å²) in [4.78, 5) is 0. The van der Waals surface area contributed by atoms with E-state index in [2.05, 4.69) is 178 Å². The fourth-order valence-electron chi connectivity index (χ4n) is 8.17. The summed E-state index contributed by atoms with van der Waals surface area (Å²) < 4.78 is 0. The molecular formula is C44H50Si2.